The van der Waals surface area contributed by atoms with E-state index < -0.39 is 5.60 Å². The molecule has 7 nitrogen and oxygen atoms in total. The summed E-state index contributed by atoms with van der Waals surface area (Å²) >= 11 is 1.67. The summed E-state index contributed by atoms with van der Waals surface area (Å²) in [7, 11) is 0. The predicted molar refractivity (Wildman–Crippen MR) is 118 cm³/mol. The molecule has 2 rings (SSSR count). The number of hydrogen-bond acceptors (Lipinski definition) is 6. The molecule has 3 N–H and O–H groups in total. The number of hydrogen-bond donors (Lipinski definition) is 3. The molecule has 0 amide bonds. The molecule has 2 heterocycles. The van der Waals surface area contributed by atoms with Crippen molar-refractivity contribution in [2.24, 2.45) is 4.99 Å². The molecule has 1 fully saturated rings. The molecule has 1 aliphatic rings. The molecule has 0 saturated carbocycles. The van der Waals surface area contributed by atoms with E-state index in [0.717, 1.165) is 50.0 Å². The quantitative estimate of drug-likeness (QED) is 0.287. The fourth-order valence-corrected chi connectivity index (χ4v) is 3.39. The summed E-state index contributed by atoms with van der Waals surface area (Å²) in [5.41, 5.74) is 0.155. The molecular formula is C17H32IN5O2S. The summed E-state index contributed by atoms with van der Waals surface area (Å²) in [6, 6.07) is 0. The third kappa shape index (κ3) is 8.47. The van der Waals surface area contributed by atoms with Gasteiger partial charge in [-0.2, -0.15) is 0 Å². The molecule has 9 heteroatoms. The number of ether oxygens (including phenoxy) is 1. The number of morpholine rings is 1. The van der Waals surface area contributed by atoms with Crippen LogP contribution in [0.15, 0.2) is 10.4 Å². The van der Waals surface area contributed by atoms with Gasteiger partial charge in [-0.1, -0.05) is 6.92 Å². The van der Waals surface area contributed by atoms with E-state index in [4.69, 9.17) is 4.74 Å². The summed E-state index contributed by atoms with van der Waals surface area (Å²) in [5, 5.41) is 20.3. The van der Waals surface area contributed by atoms with Crippen LogP contribution in [-0.4, -0.2) is 72.5 Å². The van der Waals surface area contributed by atoms with Crippen molar-refractivity contribution in [3.8, 4) is 0 Å². The van der Waals surface area contributed by atoms with Crippen molar-refractivity contribution in [1.82, 2.24) is 20.5 Å². The highest BCUT2D eigenvalue weighted by molar-refractivity contribution is 14.0. The van der Waals surface area contributed by atoms with E-state index in [1.54, 1.807) is 11.3 Å². The van der Waals surface area contributed by atoms with E-state index in [1.807, 2.05) is 13.8 Å². The number of β-amino-alcohol motifs (C(OH)–C–C–N with tert-alkyl or cyclic N) is 1. The number of nitrogens with zero attached hydrogens (tertiary/aromatic N) is 3. The van der Waals surface area contributed by atoms with Gasteiger partial charge in [0.2, 0.25) is 0 Å². The van der Waals surface area contributed by atoms with E-state index in [1.165, 1.54) is 0 Å². The van der Waals surface area contributed by atoms with E-state index in [-0.39, 0.29) is 24.0 Å². The van der Waals surface area contributed by atoms with E-state index in [2.05, 4.69) is 37.8 Å². The molecule has 0 aliphatic carbocycles. The molecule has 0 aromatic carbocycles. The normalized spacial score (nSPS) is 18.1. The van der Waals surface area contributed by atoms with Gasteiger partial charge in [0.05, 0.1) is 36.1 Å². The van der Waals surface area contributed by atoms with Crippen LogP contribution in [0.1, 0.15) is 31.5 Å². The summed E-state index contributed by atoms with van der Waals surface area (Å²) in [6.45, 7) is 11.6. The van der Waals surface area contributed by atoms with Gasteiger partial charge in [-0.15, -0.1) is 35.3 Å². The van der Waals surface area contributed by atoms with Crippen LogP contribution in [-0.2, 0) is 17.7 Å². The first-order chi connectivity index (χ1) is 12.0. The van der Waals surface area contributed by atoms with Gasteiger partial charge >= 0.3 is 0 Å². The Morgan fingerprint density at radius 1 is 1.38 bits per heavy atom. The molecule has 0 spiro atoms. The van der Waals surface area contributed by atoms with Crippen molar-refractivity contribution < 1.29 is 9.84 Å². The molecule has 1 atom stereocenters. The van der Waals surface area contributed by atoms with Crippen LogP contribution in [0.25, 0.3) is 0 Å². The maximum atomic E-state index is 10.7. The van der Waals surface area contributed by atoms with Crippen molar-refractivity contribution in [2.45, 2.75) is 39.3 Å². The van der Waals surface area contributed by atoms with E-state index >= 15 is 0 Å². The van der Waals surface area contributed by atoms with Crippen molar-refractivity contribution >= 4 is 41.3 Å². The SMILES string of the molecule is CCNC(=NCc1csc(CC)n1)NCC(C)(O)CN1CCOCC1.I. The Balaban J connectivity index is 0.00000338. The number of aliphatic imine (C=N–C) groups is 1. The second-order valence-electron chi connectivity index (χ2n) is 6.52. The molecule has 0 radical (unpaired) electrons. The molecule has 1 unspecified atom stereocenters. The average molecular weight is 497 g/mol. The standard InChI is InChI=1S/C17H31N5O2S.HI/c1-4-15-21-14(11-25-15)10-19-16(18-5-2)20-12-17(3,23)13-22-6-8-24-9-7-22;/h11,23H,4-10,12-13H2,1-3H3,(H2,18,19,20);1H. The first-order valence-electron chi connectivity index (χ1n) is 9.00. The fourth-order valence-electron chi connectivity index (χ4n) is 2.66. The van der Waals surface area contributed by atoms with Crippen molar-refractivity contribution in [1.29, 1.82) is 0 Å². The van der Waals surface area contributed by atoms with Gasteiger partial charge in [0.25, 0.3) is 0 Å². The number of aromatic nitrogens is 1. The maximum Gasteiger partial charge on any atom is 0.191 e. The lowest BCUT2D eigenvalue weighted by Gasteiger charge is -2.34. The van der Waals surface area contributed by atoms with E-state index in [9.17, 15) is 5.11 Å². The summed E-state index contributed by atoms with van der Waals surface area (Å²) < 4.78 is 5.36. The largest absolute Gasteiger partial charge is 0.387 e. The van der Waals surface area contributed by atoms with Gasteiger partial charge in [0.15, 0.2) is 5.96 Å². The number of halogens is 1. The third-order valence-electron chi connectivity index (χ3n) is 3.95. The zero-order valence-corrected chi connectivity index (χ0v) is 19.1. The molecule has 1 saturated heterocycles. The van der Waals surface area contributed by atoms with Gasteiger partial charge in [0.1, 0.15) is 0 Å². The average Bonchev–Trinajstić information content (AvgIpc) is 3.06. The van der Waals surface area contributed by atoms with E-state index in [0.29, 0.717) is 25.6 Å². The maximum absolute atomic E-state index is 10.7. The molecule has 1 aromatic rings. The fraction of sp³-hybridized carbons (Fsp3) is 0.765. The molecule has 26 heavy (non-hydrogen) atoms. The van der Waals surface area contributed by atoms with Crippen LogP contribution in [0, 0.1) is 0 Å². The highest BCUT2D eigenvalue weighted by Crippen LogP contribution is 2.11. The molecule has 1 aliphatic heterocycles. The minimum atomic E-state index is -0.830. The summed E-state index contributed by atoms with van der Waals surface area (Å²) in [5.74, 6) is 0.704. The Hall–Kier alpha value is -0.490. The monoisotopic (exact) mass is 497 g/mol. The van der Waals surface area contributed by atoms with Crippen molar-refractivity contribution in [3.63, 3.8) is 0 Å². The lowest BCUT2D eigenvalue weighted by molar-refractivity contribution is -0.0201. The minimum Gasteiger partial charge on any atom is -0.387 e. The molecule has 0 bridgehead atoms. The van der Waals surface area contributed by atoms with Crippen LogP contribution in [0.5, 0.6) is 0 Å². The Morgan fingerprint density at radius 2 is 2.12 bits per heavy atom. The van der Waals surface area contributed by atoms with Gasteiger partial charge in [-0.25, -0.2) is 9.98 Å². The minimum absolute atomic E-state index is 0. The summed E-state index contributed by atoms with van der Waals surface area (Å²) in [6.07, 6.45) is 0.955. The van der Waals surface area contributed by atoms with Gasteiger partial charge < -0.3 is 20.5 Å². The van der Waals surface area contributed by atoms with Crippen molar-refractivity contribution in [2.75, 3.05) is 45.9 Å². The smallest absolute Gasteiger partial charge is 0.191 e. The number of guanidine groups is 1. The second-order valence-corrected chi connectivity index (χ2v) is 7.46. The zero-order valence-electron chi connectivity index (χ0n) is 16.0. The number of nitrogens with one attached hydrogen (secondary N) is 2. The van der Waals surface area contributed by atoms with Crippen LogP contribution in [0.4, 0.5) is 0 Å². The summed E-state index contributed by atoms with van der Waals surface area (Å²) in [4.78, 5) is 11.3. The number of rotatable bonds is 8. The molecule has 1 aromatic heterocycles. The topological polar surface area (TPSA) is 82.0 Å². The Labute approximate surface area is 177 Å². The Kier molecular flexibility index (Phi) is 10.9. The first kappa shape index (κ1) is 23.5. The highest BCUT2D eigenvalue weighted by atomic mass is 127. The van der Waals surface area contributed by atoms with Gasteiger partial charge in [-0.3, -0.25) is 4.90 Å². The zero-order chi connectivity index (χ0) is 18.1. The highest BCUT2D eigenvalue weighted by Gasteiger charge is 2.25. The predicted octanol–water partition coefficient (Wildman–Crippen LogP) is 1.46. The Morgan fingerprint density at radius 3 is 2.73 bits per heavy atom. The van der Waals surface area contributed by atoms with Crippen LogP contribution in [0.2, 0.25) is 0 Å². The Bertz CT molecular complexity index is 547. The number of thiazole rings is 1. The van der Waals surface area contributed by atoms with Gasteiger partial charge in [0, 0.05) is 38.1 Å². The van der Waals surface area contributed by atoms with Crippen LogP contribution >= 0.6 is 35.3 Å². The van der Waals surface area contributed by atoms with Gasteiger partial charge in [-0.05, 0) is 20.3 Å². The van der Waals surface area contributed by atoms with Crippen LogP contribution in [0.3, 0.4) is 0 Å². The second kappa shape index (κ2) is 12.1. The number of aliphatic hydroxyl groups is 1. The third-order valence-corrected chi connectivity index (χ3v) is 4.99. The molecule has 150 valence electrons. The lowest BCUT2D eigenvalue weighted by atomic mass is 10.1. The lowest BCUT2D eigenvalue weighted by Crippen LogP contribution is -2.52. The van der Waals surface area contributed by atoms with Crippen LogP contribution < -0.4 is 10.6 Å². The number of aryl methyl sites for hydroxylation is 1. The van der Waals surface area contributed by atoms with Crippen molar-refractivity contribution in [3.05, 3.63) is 16.1 Å². The molecular weight excluding hydrogens is 465 g/mol. The first-order valence-corrected chi connectivity index (χ1v) is 9.88.